The predicted octanol–water partition coefficient (Wildman–Crippen LogP) is 5.60. The molecule has 11 nitrogen and oxygen atoms in total. The lowest BCUT2D eigenvalue weighted by atomic mass is 9.58. The normalized spacial score (nSPS) is 26.1. The number of aliphatic hydroxyl groups is 2. The Bertz CT molecular complexity index is 1780. The van der Waals surface area contributed by atoms with E-state index in [-0.39, 0.29) is 48.4 Å². The lowest BCUT2D eigenvalue weighted by Crippen LogP contribution is -2.56. The minimum atomic E-state index is -0.916. The molecule has 0 spiro atoms. The Morgan fingerprint density at radius 2 is 1.77 bits per heavy atom. The molecule has 56 heavy (non-hydrogen) atoms. The van der Waals surface area contributed by atoms with E-state index in [9.17, 15) is 19.8 Å². The summed E-state index contributed by atoms with van der Waals surface area (Å²) >= 11 is 0. The fraction of sp³-hybridized carbons (Fsp3) is 0.556. The molecule has 1 aliphatic heterocycles. The minimum Gasteiger partial charge on any atom is -0.496 e. The first-order chi connectivity index (χ1) is 26.6. The van der Waals surface area contributed by atoms with Gasteiger partial charge in [0.15, 0.2) is 0 Å². The molecule has 0 unspecified atom stereocenters. The van der Waals surface area contributed by atoms with Crippen molar-refractivity contribution in [1.82, 2.24) is 20.6 Å². The average Bonchev–Trinajstić information content (AvgIpc) is 3.54. The Hall–Kier alpha value is -4.00. The fourth-order valence-corrected chi connectivity index (χ4v) is 8.88. The van der Waals surface area contributed by atoms with Gasteiger partial charge < -0.3 is 35.8 Å². The molecule has 11 heteroatoms. The van der Waals surface area contributed by atoms with Gasteiger partial charge >= 0.3 is 0 Å². The SMILES string of the molecule is CNc1cc(C(=O)N[C@@H](Cc2ccccc2)CN(C)C)cc(-c2cccc(CN3O[C@@H](CO)[C@@H]([C@H](C)O)[C@H]3C(=O)N[C@H]3C[C@@H](C)C(C)(C)[C@@H](C)[C@@H]3C)c2OC)c1. The summed E-state index contributed by atoms with van der Waals surface area (Å²) < 4.78 is 6.08. The summed E-state index contributed by atoms with van der Waals surface area (Å²) in [5.74, 6) is 0.539. The molecule has 0 bridgehead atoms. The number of hydrogen-bond donors (Lipinski definition) is 5. The first-order valence-electron chi connectivity index (χ1n) is 20.1. The van der Waals surface area contributed by atoms with Gasteiger partial charge in [0.1, 0.15) is 17.9 Å². The third-order valence-electron chi connectivity index (χ3n) is 12.9. The zero-order valence-electron chi connectivity index (χ0n) is 35.0. The molecule has 0 aromatic heterocycles. The summed E-state index contributed by atoms with van der Waals surface area (Å²) in [6.45, 7) is 13.5. The second kappa shape index (κ2) is 18.5. The maximum absolute atomic E-state index is 14.4. The standard InChI is InChI=1S/C45H65N5O6/c1-27-19-38(28(2)29(3)45(27,5)6)48-44(54)41-40(30(4)52)39(26-51)56-50(41)24-32-17-14-18-37(42(32)55-10)33-21-34(23-35(22-33)46-7)43(53)47-36(25-49(8)9)20-31-15-12-11-13-16-31/h11-18,21-23,27-30,36,38-41,46,51-52H,19-20,24-26H2,1-10H3,(H,47,53)(H,48,54)/t27-,28+,29+,30+,36+,38+,39+,40-,41+/m1/s1. The summed E-state index contributed by atoms with van der Waals surface area (Å²) in [6, 6.07) is 20.6. The zero-order chi connectivity index (χ0) is 40.9. The number of para-hydroxylation sites is 1. The molecule has 2 fully saturated rings. The number of ether oxygens (including phenoxy) is 1. The number of hydrogen-bond acceptors (Lipinski definition) is 9. The summed E-state index contributed by atoms with van der Waals surface area (Å²) in [4.78, 5) is 36.6. The van der Waals surface area contributed by atoms with E-state index in [1.54, 1.807) is 19.1 Å². The van der Waals surface area contributed by atoms with Crippen LogP contribution in [-0.2, 0) is 22.6 Å². The highest BCUT2D eigenvalue weighted by molar-refractivity contribution is 5.97. The Kier molecular flexibility index (Phi) is 14.3. The van der Waals surface area contributed by atoms with Gasteiger partial charge in [0.2, 0.25) is 5.91 Å². The van der Waals surface area contributed by atoms with Gasteiger partial charge in [-0.2, -0.15) is 5.06 Å². The maximum Gasteiger partial charge on any atom is 0.251 e. The van der Waals surface area contributed by atoms with Crippen molar-refractivity contribution in [1.29, 1.82) is 0 Å². The van der Waals surface area contributed by atoms with E-state index in [1.807, 2.05) is 75.7 Å². The number of rotatable bonds is 15. The van der Waals surface area contributed by atoms with E-state index in [1.165, 1.54) is 0 Å². The number of aliphatic hydroxyl groups excluding tert-OH is 2. The lowest BCUT2D eigenvalue weighted by Gasteiger charge is -2.50. The van der Waals surface area contributed by atoms with Crippen LogP contribution in [0.2, 0.25) is 0 Å². The van der Waals surface area contributed by atoms with Crippen LogP contribution in [0.3, 0.4) is 0 Å². The number of nitrogens with one attached hydrogen (secondary N) is 3. The first-order valence-corrected chi connectivity index (χ1v) is 20.1. The number of benzene rings is 3. The second-order valence-electron chi connectivity index (χ2n) is 17.1. The summed E-state index contributed by atoms with van der Waals surface area (Å²) in [5.41, 5.74) is 4.84. The van der Waals surface area contributed by atoms with Crippen LogP contribution in [0.25, 0.3) is 11.1 Å². The highest BCUT2D eigenvalue weighted by Crippen LogP contribution is 2.47. The van der Waals surface area contributed by atoms with Gasteiger partial charge in [0.05, 0.1) is 26.4 Å². The van der Waals surface area contributed by atoms with Crippen molar-refractivity contribution >= 4 is 17.5 Å². The fourth-order valence-electron chi connectivity index (χ4n) is 8.88. The quantitative estimate of drug-likeness (QED) is 0.134. The molecule has 306 valence electrons. The van der Waals surface area contributed by atoms with Crippen LogP contribution in [0.1, 0.15) is 69.4 Å². The van der Waals surface area contributed by atoms with Crippen LogP contribution in [0.15, 0.2) is 66.7 Å². The Labute approximate surface area is 334 Å². The second-order valence-corrected chi connectivity index (χ2v) is 17.1. The smallest absolute Gasteiger partial charge is 0.251 e. The molecular weight excluding hydrogens is 707 g/mol. The number of carbonyl (C=O) groups excluding carboxylic acids is 2. The number of carbonyl (C=O) groups is 2. The molecule has 1 saturated carbocycles. The molecule has 0 radical (unpaired) electrons. The van der Waals surface area contributed by atoms with Gasteiger partial charge in [-0.1, -0.05) is 83.1 Å². The van der Waals surface area contributed by atoms with Crippen molar-refractivity contribution in [3.63, 3.8) is 0 Å². The predicted molar refractivity (Wildman–Crippen MR) is 222 cm³/mol. The highest BCUT2D eigenvalue weighted by atomic mass is 16.7. The van der Waals surface area contributed by atoms with Gasteiger partial charge in [-0.15, -0.1) is 0 Å². The molecule has 5 N–H and O–H groups in total. The first kappa shape index (κ1) is 43.1. The number of anilines is 1. The lowest BCUT2D eigenvalue weighted by molar-refractivity contribution is -0.182. The van der Waals surface area contributed by atoms with Crippen molar-refractivity contribution < 1.29 is 29.4 Å². The van der Waals surface area contributed by atoms with Crippen LogP contribution >= 0.6 is 0 Å². The molecule has 9 atom stereocenters. The van der Waals surface area contributed by atoms with Crippen LogP contribution in [0.5, 0.6) is 5.75 Å². The van der Waals surface area contributed by atoms with Crippen molar-refractivity contribution in [2.45, 2.75) is 91.3 Å². The maximum atomic E-state index is 14.4. The van der Waals surface area contributed by atoms with E-state index < -0.39 is 24.2 Å². The van der Waals surface area contributed by atoms with Gasteiger partial charge in [0.25, 0.3) is 5.91 Å². The summed E-state index contributed by atoms with van der Waals surface area (Å²) in [5, 5.41) is 32.8. The van der Waals surface area contributed by atoms with Gasteiger partial charge in [0, 0.05) is 54.0 Å². The molecule has 1 aliphatic carbocycles. The van der Waals surface area contributed by atoms with Crippen LogP contribution in [0, 0.1) is 29.1 Å². The number of likely N-dealkylation sites (N-methyl/N-ethyl adjacent to an activating group) is 1. The topological polar surface area (TPSA) is 136 Å². The van der Waals surface area contributed by atoms with Crippen molar-refractivity contribution in [3.8, 4) is 16.9 Å². The van der Waals surface area contributed by atoms with Crippen LogP contribution < -0.4 is 20.7 Å². The van der Waals surface area contributed by atoms with Crippen molar-refractivity contribution in [2.24, 2.45) is 29.1 Å². The molecule has 3 aromatic rings. The molecular formula is C45H65N5O6. The van der Waals surface area contributed by atoms with E-state index in [0.717, 1.165) is 34.4 Å². The third kappa shape index (κ3) is 9.57. The Morgan fingerprint density at radius 3 is 2.39 bits per heavy atom. The third-order valence-corrected chi connectivity index (χ3v) is 12.9. The zero-order valence-corrected chi connectivity index (χ0v) is 35.0. The van der Waals surface area contributed by atoms with E-state index in [2.05, 4.69) is 67.6 Å². The summed E-state index contributed by atoms with van der Waals surface area (Å²) in [7, 11) is 7.42. The number of hydroxylamine groups is 2. The molecule has 1 heterocycles. The number of amides is 2. The Balaban J connectivity index is 1.44. The van der Waals surface area contributed by atoms with Gasteiger partial charge in [-0.05, 0) is 86.4 Å². The molecule has 3 aromatic carbocycles. The largest absolute Gasteiger partial charge is 0.496 e. The minimum absolute atomic E-state index is 0.0367. The van der Waals surface area contributed by atoms with Gasteiger partial charge in [-0.25, -0.2) is 0 Å². The highest BCUT2D eigenvalue weighted by Gasteiger charge is 2.51. The number of methoxy groups -OCH3 is 1. The monoisotopic (exact) mass is 771 g/mol. The molecule has 2 aliphatic rings. The summed E-state index contributed by atoms with van der Waals surface area (Å²) in [6.07, 6.45) is -0.140. The Morgan fingerprint density at radius 1 is 1.05 bits per heavy atom. The van der Waals surface area contributed by atoms with Crippen molar-refractivity contribution in [2.75, 3.05) is 46.7 Å². The number of nitrogens with zero attached hydrogens (tertiary/aromatic N) is 2. The van der Waals surface area contributed by atoms with E-state index >= 15 is 0 Å². The van der Waals surface area contributed by atoms with Gasteiger partial charge in [-0.3, -0.25) is 14.4 Å². The van der Waals surface area contributed by atoms with Crippen LogP contribution in [-0.4, -0.2) is 104 Å². The van der Waals surface area contributed by atoms with E-state index in [0.29, 0.717) is 36.1 Å². The molecule has 2 amide bonds. The van der Waals surface area contributed by atoms with Crippen molar-refractivity contribution in [3.05, 3.63) is 83.4 Å². The molecule has 5 rings (SSSR count). The van der Waals surface area contributed by atoms with Crippen LogP contribution in [0.4, 0.5) is 5.69 Å². The van der Waals surface area contributed by atoms with E-state index in [4.69, 9.17) is 9.57 Å². The molecule has 1 saturated heterocycles. The average molecular weight is 772 g/mol.